The second-order valence-corrected chi connectivity index (χ2v) is 3.62. The van der Waals surface area contributed by atoms with Gasteiger partial charge in [0.05, 0.1) is 13.2 Å². The maximum Gasteiger partial charge on any atom is 0.137 e. The van der Waals surface area contributed by atoms with Gasteiger partial charge in [-0.1, -0.05) is 6.92 Å². The Bertz CT molecular complexity index is 346. The lowest BCUT2D eigenvalue weighted by Crippen LogP contribution is -2.32. The molecule has 0 fully saturated rings. The highest BCUT2D eigenvalue weighted by molar-refractivity contribution is 5.56. The molecular weight excluding hydrogens is 220 g/mol. The number of rotatable bonds is 7. The van der Waals surface area contributed by atoms with Crippen LogP contribution in [0.25, 0.3) is 0 Å². The van der Waals surface area contributed by atoms with Gasteiger partial charge in [0, 0.05) is 25.8 Å². The number of methoxy groups -OCH3 is 1. The van der Waals surface area contributed by atoms with E-state index < -0.39 is 0 Å². The molecule has 0 amide bonds. The Morgan fingerprint density at radius 1 is 1.41 bits per heavy atom. The first-order valence-corrected chi connectivity index (χ1v) is 5.68. The minimum Gasteiger partial charge on any atom is -0.395 e. The maximum atomic E-state index is 9.07. The molecule has 0 aliphatic heterocycles. The molecule has 96 valence electrons. The number of nitrogen functional groups attached to an aromatic ring is 1. The Balaban J connectivity index is 2.95. The average molecular weight is 240 g/mol. The summed E-state index contributed by atoms with van der Waals surface area (Å²) in [7, 11) is 1.65. The molecule has 1 aromatic rings. The normalized spacial score (nSPS) is 10.5. The summed E-state index contributed by atoms with van der Waals surface area (Å²) in [6.45, 7) is 3.82. The molecule has 0 bridgehead atoms. The van der Waals surface area contributed by atoms with E-state index in [1.165, 1.54) is 6.33 Å². The molecule has 0 atom stereocenters. The largest absolute Gasteiger partial charge is 0.395 e. The number of nitrogens with two attached hydrogens (primary N) is 1. The lowest BCUT2D eigenvalue weighted by atomic mass is 10.2. The van der Waals surface area contributed by atoms with E-state index >= 15 is 0 Å². The fourth-order valence-electron chi connectivity index (χ4n) is 1.67. The third-order valence-corrected chi connectivity index (χ3v) is 2.54. The first-order chi connectivity index (χ1) is 8.24. The van der Waals surface area contributed by atoms with Crippen molar-refractivity contribution in [1.29, 1.82) is 0 Å². The van der Waals surface area contributed by atoms with Crippen molar-refractivity contribution in [2.24, 2.45) is 0 Å². The molecule has 0 aromatic carbocycles. The predicted octanol–water partition coefficient (Wildman–Crippen LogP) is 0.0663. The average Bonchev–Trinajstić information content (AvgIpc) is 2.34. The zero-order valence-corrected chi connectivity index (χ0v) is 10.4. The minimum atomic E-state index is 0.0662. The Labute approximate surface area is 101 Å². The number of hydrogen-bond donors (Lipinski definition) is 2. The van der Waals surface area contributed by atoms with Crippen LogP contribution in [0.1, 0.15) is 12.5 Å². The molecule has 1 heterocycles. The quantitative estimate of drug-likeness (QED) is 0.701. The molecule has 0 unspecified atom stereocenters. The first kappa shape index (κ1) is 13.7. The van der Waals surface area contributed by atoms with Crippen molar-refractivity contribution >= 4 is 11.6 Å². The number of nitrogens with zero attached hydrogens (tertiary/aromatic N) is 3. The Hall–Kier alpha value is -1.40. The van der Waals surface area contributed by atoms with E-state index in [-0.39, 0.29) is 6.61 Å². The SMILES string of the molecule is CCc1c(N)ncnc1N(CCO)CCOC. The number of ether oxygens (including phenoxy) is 1. The standard InChI is InChI=1S/C11H20N4O2/c1-3-9-10(12)13-8-14-11(9)15(4-6-16)5-7-17-2/h8,16H,3-7H2,1-2H3,(H2,12,13,14). The molecule has 0 saturated heterocycles. The molecule has 0 aliphatic carbocycles. The van der Waals surface area contributed by atoms with Gasteiger partial charge in [-0.05, 0) is 6.42 Å². The molecule has 6 heteroatoms. The number of aliphatic hydroxyl groups is 1. The highest BCUT2D eigenvalue weighted by Crippen LogP contribution is 2.21. The molecule has 0 saturated carbocycles. The first-order valence-electron chi connectivity index (χ1n) is 5.68. The summed E-state index contributed by atoms with van der Waals surface area (Å²) < 4.78 is 5.05. The second-order valence-electron chi connectivity index (χ2n) is 3.62. The highest BCUT2D eigenvalue weighted by atomic mass is 16.5. The fourth-order valence-corrected chi connectivity index (χ4v) is 1.67. The molecule has 0 spiro atoms. The lowest BCUT2D eigenvalue weighted by molar-refractivity contribution is 0.202. The summed E-state index contributed by atoms with van der Waals surface area (Å²) in [5.74, 6) is 1.28. The topological polar surface area (TPSA) is 84.5 Å². The van der Waals surface area contributed by atoms with Gasteiger partial charge in [-0.15, -0.1) is 0 Å². The summed E-state index contributed by atoms with van der Waals surface area (Å²) in [5, 5.41) is 9.07. The Morgan fingerprint density at radius 3 is 2.76 bits per heavy atom. The third kappa shape index (κ3) is 3.54. The van der Waals surface area contributed by atoms with Crippen LogP contribution < -0.4 is 10.6 Å². The van der Waals surface area contributed by atoms with Crippen LogP contribution in [0, 0.1) is 0 Å². The lowest BCUT2D eigenvalue weighted by Gasteiger charge is -2.24. The van der Waals surface area contributed by atoms with Crippen LogP contribution in [0.3, 0.4) is 0 Å². The number of aliphatic hydroxyl groups excluding tert-OH is 1. The van der Waals surface area contributed by atoms with Gasteiger partial charge in [0.1, 0.15) is 18.0 Å². The second kappa shape index (κ2) is 7.03. The van der Waals surface area contributed by atoms with Crippen LogP contribution >= 0.6 is 0 Å². The minimum absolute atomic E-state index is 0.0662. The van der Waals surface area contributed by atoms with Crippen LogP contribution in [0.5, 0.6) is 0 Å². The van der Waals surface area contributed by atoms with Crippen LogP contribution in [0.15, 0.2) is 6.33 Å². The summed E-state index contributed by atoms with van der Waals surface area (Å²) in [6.07, 6.45) is 2.21. The van der Waals surface area contributed by atoms with Gasteiger partial charge in [0.2, 0.25) is 0 Å². The molecule has 6 nitrogen and oxygen atoms in total. The van der Waals surface area contributed by atoms with Gasteiger partial charge in [0.15, 0.2) is 0 Å². The van der Waals surface area contributed by atoms with Crippen molar-refractivity contribution < 1.29 is 9.84 Å². The van der Waals surface area contributed by atoms with Gasteiger partial charge < -0.3 is 20.5 Å². The molecule has 1 aromatic heterocycles. The van der Waals surface area contributed by atoms with Crippen LogP contribution in [0.2, 0.25) is 0 Å². The van der Waals surface area contributed by atoms with Gasteiger partial charge in [-0.25, -0.2) is 9.97 Å². The number of aromatic nitrogens is 2. The van der Waals surface area contributed by atoms with E-state index in [0.717, 1.165) is 17.8 Å². The summed E-state index contributed by atoms with van der Waals surface area (Å²) in [5.41, 5.74) is 6.74. The molecule has 17 heavy (non-hydrogen) atoms. The van der Waals surface area contributed by atoms with E-state index in [2.05, 4.69) is 9.97 Å². The van der Waals surface area contributed by atoms with E-state index in [4.69, 9.17) is 15.6 Å². The fraction of sp³-hybridized carbons (Fsp3) is 0.636. The van der Waals surface area contributed by atoms with Gasteiger partial charge in [-0.2, -0.15) is 0 Å². The summed E-state index contributed by atoms with van der Waals surface area (Å²) in [4.78, 5) is 10.2. The van der Waals surface area contributed by atoms with E-state index in [1.807, 2.05) is 11.8 Å². The molecule has 0 aliphatic rings. The van der Waals surface area contributed by atoms with E-state index in [9.17, 15) is 0 Å². The highest BCUT2D eigenvalue weighted by Gasteiger charge is 2.14. The monoisotopic (exact) mass is 240 g/mol. The van der Waals surface area contributed by atoms with E-state index in [0.29, 0.717) is 25.5 Å². The van der Waals surface area contributed by atoms with Crippen molar-refractivity contribution in [1.82, 2.24) is 9.97 Å². The number of hydrogen-bond acceptors (Lipinski definition) is 6. The molecule has 0 radical (unpaired) electrons. The van der Waals surface area contributed by atoms with Gasteiger partial charge in [-0.3, -0.25) is 0 Å². The van der Waals surface area contributed by atoms with Crippen molar-refractivity contribution in [3.05, 3.63) is 11.9 Å². The zero-order chi connectivity index (χ0) is 12.7. The smallest absolute Gasteiger partial charge is 0.137 e. The van der Waals surface area contributed by atoms with Crippen molar-refractivity contribution in [2.75, 3.05) is 44.0 Å². The third-order valence-electron chi connectivity index (χ3n) is 2.54. The van der Waals surface area contributed by atoms with Crippen LogP contribution in [-0.4, -0.2) is 48.5 Å². The summed E-state index contributed by atoms with van der Waals surface area (Å²) in [6, 6.07) is 0. The zero-order valence-electron chi connectivity index (χ0n) is 10.4. The van der Waals surface area contributed by atoms with Crippen LogP contribution in [-0.2, 0) is 11.2 Å². The molecule has 1 rings (SSSR count). The number of anilines is 2. The van der Waals surface area contributed by atoms with Gasteiger partial charge in [0.25, 0.3) is 0 Å². The molecule has 3 N–H and O–H groups in total. The maximum absolute atomic E-state index is 9.07. The van der Waals surface area contributed by atoms with Crippen LogP contribution in [0.4, 0.5) is 11.6 Å². The van der Waals surface area contributed by atoms with Crippen molar-refractivity contribution in [3.63, 3.8) is 0 Å². The Morgan fingerprint density at radius 2 is 2.18 bits per heavy atom. The Kier molecular flexibility index (Phi) is 5.65. The van der Waals surface area contributed by atoms with Crippen molar-refractivity contribution in [3.8, 4) is 0 Å². The van der Waals surface area contributed by atoms with Crippen molar-refractivity contribution in [2.45, 2.75) is 13.3 Å². The van der Waals surface area contributed by atoms with Gasteiger partial charge >= 0.3 is 0 Å². The predicted molar refractivity (Wildman–Crippen MR) is 67.0 cm³/mol. The van der Waals surface area contributed by atoms with E-state index in [1.54, 1.807) is 7.11 Å². The summed E-state index contributed by atoms with van der Waals surface area (Å²) >= 11 is 0. The molecular formula is C11H20N4O2.